The Morgan fingerprint density at radius 1 is 1.29 bits per heavy atom. The smallest absolute Gasteiger partial charge is 0.343 e. The number of halogens is 1. The van der Waals surface area contributed by atoms with Crippen molar-refractivity contribution in [2.45, 2.75) is 6.92 Å². The van der Waals surface area contributed by atoms with Gasteiger partial charge in [0.25, 0.3) is 5.91 Å². The molecule has 0 heterocycles. The lowest BCUT2D eigenvalue weighted by molar-refractivity contribution is -0.134. The van der Waals surface area contributed by atoms with Gasteiger partial charge in [0.2, 0.25) is 0 Å². The first-order valence-corrected chi connectivity index (χ1v) is 5.06. The van der Waals surface area contributed by atoms with Crippen molar-refractivity contribution in [2.24, 2.45) is 5.73 Å². The highest BCUT2D eigenvalue weighted by atomic mass is 35.5. The predicted octanol–water partition coefficient (Wildman–Crippen LogP) is 1.60. The maximum Gasteiger partial charge on any atom is 0.343 e. The highest BCUT2D eigenvalue weighted by Gasteiger charge is 2.19. The Labute approximate surface area is 103 Å². The SMILES string of the molecule is C/C(N)=C(/C(=O)O)C(=O)Nc1ccc(Cl)cc1. The number of aliphatic carboxylic acids is 1. The van der Waals surface area contributed by atoms with Crippen molar-refractivity contribution in [1.29, 1.82) is 0 Å². The van der Waals surface area contributed by atoms with Crippen molar-refractivity contribution in [3.63, 3.8) is 0 Å². The van der Waals surface area contributed by atoms with Crippen LogP contribution in [0, 0.1) is 0 Å². The van der Waals surface area contributed by atoms with Crippen molar-refractivity contribution in [3.8, 4) is 0 Å². The first-order chi connectivity index (χ1) is 7.91. The molecule has 4 N–H and O–H groups in total. The monoisotopic (exact) mass is 254 g/mol. The number of hydrogen-bond donors (Lipinski definition) is 3. The largest absolute Gasteiger partial charge is 0.477 e. The molecule has 1 aromatic carbocycles. The summed E-state index contributed by atoms with van der Waals surface area (Å²) in [7, 11) is 0. The maximum atomic E-state index is 11.6. The number of carboxylic acid groups (broad SMARTS) is 1. The zero-order valence-corrected chi connectivity index (χ0v) is 9.78. The van der Waals surface area contributed by atoms with Crippen LogP contribution in [-0.4, -0.2) is 17.0 Å². The molecule has 17 heavy (non-hydrogen) atoms. The second-order valence-corrected chi connectivity index (χ2v) is 3.76. The highest BCUT2D eigenvalue weighted by molar-refractivity contribution is 6.30. The molecule has 0 saturated carbocycles. The number of hydrogen-bond acceptors (Lipinski definition) is 3. The van der Waals surface area contributed by atoms with Gasteiger partial charge in [0.1, 0.15) is 5.57 Å². The molecule has 0 saturated heterocycles. The third kappa shape index (κ3) is 3.49. The molecule has 0 aromatic heterocycles. The van der Waals surface area contributed by atoms with Gasteiger partial charge in [-0.05, 0) is 31.2 Å². The van der Waals surface area contributed by atoms with E-state index in [-0.39, 0.29) is 5.70 Å². The molecule has 0 unspecified atom stereocenters. The molecule has 6 heteroatoms. The summed E-state index contributed by atoms with van der Waals surface area (Å²) < 4.78 is 0. The molecular weight excluding hydrogens is 244 g/mol. The Hall–Kier alpha value is -2.01. The molecule has 1 aromatic rings. The van der Waals surface area contributed by atoms with Crippen molar-refractivity contribution in [3.05, 3.63) is 40.6 Å². The van der Waals surface area contributed by atoms with Crippen LogP contribution in [0.2, 0.25) is 5.02 Å². The summed E-state index contributed by atoms with van der Waals surface area (Å²) in [5.74, 6) is -2.13. The minimum atomic E-state index is -1.36. The molecular formula is C11H11ClN2O3. The number of benzene rings is 1. The number of allylic oxidation sites excluding steroid dienone is 1. The zero-order chi connectivity index (χ0) is 13.0. The van der Waals surface area contributed by atoms with E-state index in [4.69, 9.17) is 22.4 Å². The molecule has 90 valence electrons. The summed E-state index contributed by atoms with van der Waals surface area (Å²) in [6, 6.07) is 6.28. The van der Waals surface area contributed by atoms with Crippen LogP contribution in [0.25, 0.3) is 0 Å². The van der Waals surface area contributed by atoms with E-state index in [1.165, 1.54) is 6.92 Å². The molecule has 1 rings (SSSR count). The number of nitrogens with one attached hydrogen (secondary N) is 1. The quantitative estimate of drug-likeness (QED) is 0.434. The fourth-order valence-corrected chi connectivity index (χ4v) is 1.30. The summed E-state index contributed by atoms with van der Waals surface area (Å²) in [4.78, 5) is 22.4. The van der Waals surface area contributed by atoms with Crippen LogP contribution in [0.4, 0.5) is 5.69 Å². The minimum Gasteiger partial charge on any atom is -0.477 e. The number of carboxylic acids is 1. The van der Waals surface area contributed by atoms with Crippen molar-refractivity contribution < 1.29 is 14.7 Å². The number of carbonyl (C=O) groups excluding carboxylic acids is 1. The average Bonchev–Trinajstić information content (AvgIpc) is 2.20. The van der Waals surface area contributed by atoms with E-state index in [1.807, 2.05) is 0 Å². The van der Waals surface area contributed by atoms with Crippen LogP contribution >= 0.6 is 11.6 Å². The summed E-state index contributed by atoms with van der Waals surface area (Å²) in [6.07, 6.45) is 0. The Kier molecular flexibility index (Phi) is 4.12. The molecule has 5 nitrogen and oxygen atoms in total. The molecule has 0 fully saturated rings. The number of amides is 1. The fourth-order valence-electron chi connectivity index (χ4n) is 1.17. The van der Waals surface area contributed by atoms with E-state index in [9.17, 15) is 9.59 Å². The summed E-state index contributed by atoms with van der Waals surface area (Å²) in [5.41, 5.74) is 5.25. The van der Waals surface area contributed by atoms with Crippen LogP contribution in [0.3, 0.4) is 0 Å². The third-order valence-corrected chi connectivity index (χ3v) is 2.19. The van der Waals surface area contributed by atoms with E-state index < -0.39 is 17.4 Å². The zero-order valence-electron chi connectivity index (χ0n) is 9.03. The number of anilines is 1. The van der Waals surface area contributed by atoms with E-state index in [0.29, 0.717) is 10.7 Å². The molecule has 0 spiro atoms. The second-order valence-electron chi connectivity index (χ2n) is 3.32. The Morgan fingerprint density at radius 2 is 1.82 bits per heavy atom. The minimum absolute atomic E-state index is 0.0519. The molecule has 1 amide bonds. The van der Waals surface area contributed by atoms with Gasteiger partial charge in [-0.1, -0.05) is 11.6 Å². The van der Waals surface area contributed by atoms with Crippen molar-refractivity contribution >= 4 is 29.2 Å². The number of carbonyl (C=O) groups is 2. The summed E-state index contributed by atoms with van der Waals surface area (Å²) >= 11 is 5.68. The lowest BCUT2D eigenvalue weighted by atomic mass is 10.2. The summed E-state index contributed by atoms with van der Waals surface area (Å²) in [5, 5.41) is 11.8. The fraction of sp³-hybridized carbons (Fsp3) is 0.0909. The molecule has 0 atom stereocenters. The van der Waals surface area contributed by atoms with Crippen LogP contribution in [0.5, 0.6) is 0 Å². The first-order valence-electron chi connectivity index (χ1n) is 4.68. The lowest BCUT2D eigenvalue weighted by Gasteiger charge is -2.07. The first kappa shape index (κ1) is 13.1. The summed E-state index contributed by atoms with van der Waals surface area (Å²) in [6.45, 7) is 1.35. The van der Waals surface area contributed by atoms with Crippen LogP contribution in [-0.2, 0) is 9.59 Å². The van der Waals surface area contributed by atoms with Crippen molar-refractivity contribution in [2.75, 3.05) is 5.32 Å². The van der Waals surface area contributed by atoms with Crippen molar-refractivity contribution in [1.82, 2.24) is 0 Å². The molecule has 0 bridgehead atoms. The molecule has 0 radical (unpaired) electrons. The van der Waals surface area contributed by atoms with E-state index in [2.05, 4.69) is 5.32 Å². The molecule has 0 aliphatic rings. The van der Waals surface area contributed by atoms with Gasteiger partial charge >= 0.3 is 5.97 Å². The standard InChI is InChI=1S/C11H11ClN2O3/c1-6(13)9(11(16)17)10(15)14-8-4-2-7(12)3-5-8/h2-5H,13H2,1H3,(H,14,15)(H,16,17)/b9-6-. The maximum absolute atomic E-state index is 11.6. The highest BCUT2D eigenvalue weighted by Crippen LogP contribution is 2.14. The van der Waals surface area contributed by atoms with Gasteiger partial charge < -0.3 is 16.2 Å². The topological polar surface area (TPSA) is 92.4 Å². The lowest BCUT2D eigenvalue weighted by Crippen LogP contribution is -2.23. The van der Waals surface area contributed by atoms with Crippen LogP contribution in [0.15, 0.2) is 35.5 Å². The third-order valence-electron chi connectivity index (χ3n) is 1.94. The predicted molar refractivity (Wildman–Crippen MR) is 64.6 cm³/mol. The van der Waals surface area contributed by atoms with E-state index in [1.54, 1.807) is 24.3 Å². The van der Waals surface area contributed by atoms with Gasteiger partial charge in [0, 0.05) is 16.4 Å². The van der Waals surface area contributed by atoms with Gasteiger partial charge in [-0.25, -0.2) is 4.79 Å². The number of rotatable bonds is 3. The van der Waals surface area contributed by atoms with Crippen LogP contribution < -0.4 is 11.1 Å². The Bertz CT molecular complexity index is 476. The second kappa shape index (κ2) is 5.36. The van der Waals surface area contributed by atoms with Gasteiger partial charge in [0.05, 0.1) is 0 Å². The van der Waals surface area contributed by atoms with Gasteiger partial charge in [-0.3, -0.25) is 4.79 Å². The molecule has 0 aliphatic carbocycles. The average molecular weight is 255 g/mol. The number of nitrogens with two attached hydrogens (primary N) is 1. The van der Waals surface area contributed by atoms with E-state index >= 15 is 0 Å². The Balaban J connectivity index is 2.89. The van der Waals surface area contributed by atoms with Gasteiger partial charge in [-0.15, -0.1) is 0 Å². The molecule has 0 aliphatic heterocycles. The van der Waals surface area contributed by atoms with Crippen LogP contribution in [0.1, 0.15) is 6.92 Å². The van der Waals surface area contributed by atoms with Gasteiger partial charge in [-0.2, -0.15) is 0 Å². The van der Waals surface area contributed by atoms with Gasteiger partial charge in [0.15, 0.2) is 0 Å². The Morgan fingerprint density at radius 3 is 2.24 bits per heavy atom. The normalized spacial score (nSPS) is 11.6. The van der Waals surface area contributed by atoms with E-state index in [0.717, 1.165) is 0 Å².